The van der Waals surface area contributed by atoms with Crippen molar-refractivity contribution in [1.82, 2.24) is 5.32 Å². The number of hydrogen-bond donors (Lipinski definition) is 1. The van der Waals surface area contributed by atoms with Crippen LogP contribution in [0, 0.1) is 0 Å². The molecule has 1 amide bonds. The topological polar surface area (TPSA) is 38.3 Å². The lowest BCUT2D eigenvalue weighted by atomic mass is 9.86. The SMILES string of the molecule is CCC1(Cc2ccc3c(c2)CCO3)CCC(=O)N1. The van der Waals surface area contributed by atoms with Gasteiger partial charge in [0.25, 0.3) is 0 Å². The first-order chi connectivity index (χ1) is 8.71. The summed E-state index contributed by atoms with van der Waals surface area (Å²) in [5, 5.41) is 3.16. The Hall–Kier alpha value is -1.51. The molecule has 2 aliphatic rings. The van der Waals surface area contributed by atoms with Gasteiger partial charge >= 0.3 is 0 Å². The average Bonchev–Trinajstić information content (AvgIpc) is 2.96. The molecule has 1 aromatic carbocycles. The van der Waals surface area contributed by atoms with Gasteiger partial charge in [0.15, 0.2) is 0 Å². The maximum absolute atomic E-state index is 11.5. The molecule has 3 rings (SSSR count). The Labute approximate surface area is 108 Å². The van der Waals surface area contributed by atoms with E-state index >= 15 is 0 Å². The molecule has 1 atom stereocenters. The van der Waals surface area contributed by atoms with Crippen molar-refractivity contribution in [3.8, 4) is 5.75 Å². The lowest BCUT2D eigenvalue weighted by molar-refractivity contribution is -0.119. The van der Waals surface area contributed by atoms with Gasteiger partial charge in [-0.2, -0.15) is 0 Å². The quantitative estimate of drug-likeness (QED) is 0.886. The minimum absolute atomic E-state index is 0.0230. The number of rotatable bonds is 3. The molecule has 0 radical (unpaired) electrons. The smallest absolute Gasteiger partial charge is 0.220 e. The first-order valence-electron chi connectivity index (χ1n) is 6.76. The molecule has 3 heteroatoms. The highest BCUT2D eigenvalue weighted by Gasteiger charge is 2.36. The second-order valence-electron chi connectivity index (χ2n) is 5.40. The number of carbonyl (C=O) groups is 1. The van der Waals surface area contributed by atoms with Gasteiger partial charge in [-0.25, -0.2) is 0 Å². The molecule has 0 bridgehead atoms. The van der Waals surface area contributed by atoms with E-state index in [4.69, 9.17) is 4.74 Å². The molecule has 2 heterocycles. The first-order valence-corrected chi connectivity index (χ1v) is 6.76. The standard InChI is InChI=1S/C15H19NO2/c1-2-15(7-5-14(17)16-15)10-11-3-4-13-12(9-11)6-8-18-13/h3-4,9H,2,5-8,10H2,1H3,(H,16,17). The van der Waals surface area contributed by atoms with Crippen LogP contribution in [0.1, 0.15) is 37.3 Å². The molecule has 18 heavy (non-hydrogen) atoms. The number of benzene rings is 1. The number of fused-ring (bicyclic) bond motifs is 1. The molecule has 3 nitrogen and oxygen atoms in total. The van der Waals surface area contributed by atoms with Crippen molar-refractivity contribution in [3.63, 3.8) is 0 Å². The zero-order valence-electron chi connectivity index (χ0n) is 10.8. The fourth-order valence-corrected chi connectivity index (χ4v) is 3.04. The van der Waals surface area contributed by atoms with Crippen LogP contribution in [0.3, 0.4) is 0 Å². The normalized spacial score (nSPS) is 25.7. The molecule has 0 aliphatic carbocycles. The van der Waals surface area contributed by atoms with E-state index in [0.29, 0.717) is 6.42 Å². The van der Waals surface area contributed by atoms with Crippen molar-refractivity contribution >= 4 is 5.91 Å². The van der Waals surface area contributed by atoms with E-state index in [9.17, 15) is 4.79 Å². The van der Waals surface area contributed by atoms with Crippen LogP contribution in [0.15, 0.2) is 18.2 Å². The fourth-order valence-electron chi connectivity index (χ4n) is 3.04. The lowest BCUT2D eigenvalue weighted by Crippen LogP contribution is -2.42. The molecule has 0 saturated carbocycles. The van der Waals surface area contributed by atoms with Gasteiger partial charge < -0.3 is 10.1 Å². The summed E-state index contributed by atoms with van der Waals surface area (Å²) in [5.41, 5.74) is 2.59. The zero-order chi connectivity index (χ0) is 12.6. The van der Waals surface area contributed by atoms with Crippen molar-refractivity contribution in [1.29, 1.82) is 0 Å². The van der Waals surface area contributed by atoms with Crippen molar-refractivity contribution in [2.45, 2.75) is 44.6 Å². The maximum atomic E-state index is 11.5. The molecule has 1 unspecified atom stereocenters. The van der Waals surface area contributed by atoms with Crippen LogP contribution < -0.4 is 10.1 Å². The zero-order valence-corrected chi connectivity index (χ0v) is 10.8. The van der Waals surface area contributed by atoms with Crippen molar-refractivity contribution < 1.29 is 9.53 Å². The molecule has 1 fully saturated rings. The Morgan fingerprint density at radius 1 is 1.39 bits per heavy atom. The first kappa shape index (κ1) is 11.6. The Balaban J connectivity index is 1.81. The molecular formula is C15H19NO2. The Kier molecular flexibility index (Phi) is 2.77. The van der Waals surface area contributed by atoms with Crippen molar-refractivity contribution in [2.24, 2.45) is 0 Å². The molecule has 1 saturated heterocycles. The summed E-state index contributed by atoms with van der Waals surface area (Å²) in [6.07, 6.45) is 4.56. The third-order valence-electron chi connectivity index (χ3n) is 4.21. The summed E-state index contributed by atoms with van der Waals surface area (Å²) >= 11 is 0. The minimum Gasteiger partial charge on any atom is -0.493 e. The van der Waals surface area contributed by atoms with Crippen LogP contribution in [-0.4, -0.2) is 18.1 Å². The second-order valence-corrected chi connectivity index (χ2v) is 5.40. The number of carbonyl (C=O) groups excluding carboxylic acids is 1. The monoisotopic (exact) mass is 245 g/mol. The van der Waals surface area contributed by atoms with Gasteiger partial charge in [0.1, 0.15) is 5.75 Å². The van der Waals surface area contributed by atoms with Crippen LogP contribution in [0.25, 0.3) is 0 Å². The molecule has 2 aliphatic heterocycles. The molecule has 1 N–H and O–H groups in total. The summed E-state index contributed by atoms with van der Waals surface area (Å²) in [6, 6.07) is 6.44. The van der Waals surface area contributed by atoms with Gasteiger partial charge in [-0.05, 0) is 36.5 Å². The third-order valence-corrected chi connectivity index (χ3v) is 4.21. The largest absolute Gasteiger partial charge is 0.493 e. The Bertz CT molecular complexity index is 483. The van der Waals surface area contributed by atoms with E-state index in [0.717, 1.165) is 38.0 Å². The fraction of sp³-hybridized carbons (Fsp3) is 0.533. The average molecular weight is 245 g/mol. The van der Waals surface area contributed by atoms with Crippen LogP contribution in [0.5, 0.6) is 5.75 Å². The van der Waals surface area contributed by atoms with E-state index in [1.165, 1.54) is 11.1 Å². The molecule has 0 aromatic heterocycles. The summed E-state index contributed by atoms with van der Waals surface area (Å²) < 4.78 is 5.52. The van der Waals surface area contributed by atoms with Crippen LogP contribution in [0.4, 0.5) is 0 Å². The number of nitrogens with one attached hydrogen (secondary N) is 1. The minimum atomic E-state index is -0.0230. The van der Waals surface area contributed by atoms with Crippen molar-refractivity contribution in [2.75, 3.05) is 6.61 Å². The van der Waals surface area contributed by atoms with Gasteiger partial charge in [-0.1, -0.05) is 19.1 Å². The predicted octanol–water partition coefficient (Wildman–Crippen LogP) is 2.22. The van der Waals surface area contributed by atoms with Gasteiger partial charge in [-0.3, -0.25) is 4.79 Å². The van der Waals surface area contributed by atoms with E-state index < -0.39 is 0 Å². The summed E-state index contributed by atoms with van der Waals surface area (Å²) in [4.78, 5) is 11.5. The van der Waals surface area contributed by atoms with Crippen molar-refractivity contribution in [3.05, 3.63) is 29.3 Å². The molecule has 1 aromatic rings. The van der Waals surface area contributed by atoms with Crippen LogP contribution in [0.2, 0.25) is 0 Å². The summed E-state index contributed by atoms with van der Waals surface area (Å²) in [7, 11) is 0. The molecule has 0 spiro atoms. The summed E-state index contributed by atoms with van der Waals surface area (Å²) in [5.74, 6) is 1.22. The van der Waals surface area contributed by atoms with E-state index in [1.54, 1.807) is 0 Å². The molecular weight excluding hydrogens is 226 g/mol. The summed E-state index contributed by atoms with van der Waals surface area (Å²) in [6.45, 7) is 2.95. The highest BCUT2D eigenvalue weighted by Crippen LogP contribution is 2.31. The van der Waals surface area contributed by atoms with Gasteiger partial charge in [0, 0.05) is 18.4 Å². The van der Waals surface area contributed by atoms with Gasteiger partial charge in [0.05, 0.1) is 6.61 Å². The van der Waals surface area contributed by atoms with Crippen LogP contribution in [-0.2, 0) is 17.6 Å². The third kappa shape index (κ3) is 1.98. The predicted molar refractivity (Wildman–Crippen MR) is 69.7 cm³/mol. The second kappa shape index (κ2) is 4.30. The van der Waals surface area contributed by atoms with E-state index in [1.807, 2.05) is 0 Å². The highest BCUT2D eigenvalue weighted by molar-refractivity contribution is 5.79. The molecule has 96 valence electrons. The Morgan fingerprint density at radius 2 is 2.28 bits per heavy atom. The maximum Gasteiger partial charge on any atom is 0.220 e. The van der Waals surface area contributed by atoms with E-state index in [-0.39, 0.29) is 11.4 Å². The number of hydrogen-bond acceptors (Lipinski definition) is 2. The van der Waals surface area contributed by atoms with E-state index in [2.05, 4.69) is 30.4 Å². The number of ether oxygens (including phenoxy) is 1. The highest BCUT2D eigenvalue weighted by atomic mass is 16.5. The number of amides is 1. The van der Waals surface area contributed by atoms with Gasteiger partial charge in [-0.15, -0.1) is 0 Å². The Morgan fingerprint density at radius 3 is 3.00 bits per heavy atom. The van der Waals surface area contributed by atoms with Gasteiger partial charge in [0.2, 0.25) is 5.91 Å². The lowest BCUT2D eigenvalue weighted by Gasteiger charge is -2.28. The van der Waals surface area contributed by atoms with Crippen LogP contribution >= 0.6 is 0 Å².